The topological polar surface area (TPSA) is 168 Å². The molecule has 0 aromatic rings. The summed E-state index contributed by atoms with van der Waals surface area (Å²) in [6.45, 7) is 0. The molecule has 0 saturated heterocycles. The Labute approximate surface area is 315 Å². The van der Waals surface area contributed by atoms with Gasteiger partial charge in [0.2, 0.25) is 6.40 Å². The summed E-state index contributed by atoms with van der Waals surface area (Å²) in [5.74, 6) is 5.79. The number of carbonyl (C=O) groups excluding carboxylic acids is 2. The fourth-order valence-electron chi connectivity index (χ4n) is 1.89. The van der Waals surface area contributed by atoms with Crippen LogP contribution in [0.3, 0.4) is 0 Å². The minimum Gasteiger partial charge on any atom is -0.438 e. The van der Waals surface area contributed by atoms with Crippen LogP contribution in [0.2, 0.25) is 0 Å². The van der Waals surface area contributed by atoms with Gasteiger partial charge in [0.15, 0.2) is 0 Å². The van der Waals surface area contributed by atoms with Crippen molar-refractivity contribution in [2.45, 2.75) is 0 Å². The monoisotopic (exact) mass is 860 g/mol. The molecule has 0 aromatic heterocycles. The average Bonchev–Trinajstić information content (AvgIpc) is 3.03. The maximum absolute atomic E-state index is 12.0. The fourth-order valence-corrected chi connectivity index (χ4v) is 11.5. The third-order valence-electron chi connectivity index (χ3n) is 3.66. The molecular weight excluding hydrogens is 821 g/mol. The summed E-state index contributed by atoms with van der Waals surface area (Å²) < 4.78 is 17.0. The van der Waals surface area contributed by atoms with Crippen molar-refractivity contribution in [2.75, 3.05) is 95.7 Å². The molecule has 0 rings (SSSR count). The van der Waals surface area contributed by atoms with E-state index in [9.17, 15) is 13.8 Å². The molecule has 4 N–H and O–H groups in total. The van der Waals surface area contributed by atoms with Gasteiger partial charge in [0, 0.05) is 48.4 Å². The van der Waals surface area contributed by atoms with Crippen LogP contribution < -0.4 is 10.6 Å². The van der Waals surface area contributed by atoms with Gasteiger partial charge in [-0.15, -0.1) is 94.1 Å². The summed E-state index contributed by atoms with van der Waals surface area (Å²) in [7, 11) is -1.08. The zero-order chi connectivity index (χ0) is 32.9. The molecule has 0 aliphatic rings. The predicted molar refractivity (Wildman–Crippen MR) is 216 cm³/mol. The summed E-state index contributed by atoms with van der Waals surface area (Å²) in [4.78, 5) is 41.3. The van der Waals surface area contributed by atoms with Crippen LogP contribution in [0.15, 0.2) is 9.98 Å². The van der Waals surface area contributed by atoms with Crippen LogP contribution in [0.5, 0.6) is 0 Å². The van der Waals surface area contributed by atoms with E-state index in [2.05, 4.69) is 20.6 Å². The summed E-state index contributed by atoms with van der Waals surface area (Å²) in [5, 5.41) is 26.6. The maximum Gasteiger partial charge on any atom is 0.408 e. The fraction of sp³-hybridized carbons (Fsp3) is 0.810. The third-order valence-corrected chi connectivity index (χ3v) is 15.9. The summed E-state index contributed by atoms with van der Waals surface area (Å²) in [5.41, 5.74) is 1.50. The number of nitrogens with zero attached hydrogens (tertiary/aromatic N) is 2. The third kappa shape index (κ3) is 40.1. The number of amides is 2. The lowest BCUT2D eigenvalue weighted by Gasteiger charge is -2.06. The zero-order valence-corrected chi connectivity index (χ0v) is 34.1. The molecule has 24 heteroatoms. The Bertz CT molecular complexity index is 783. The minimum atomic E-state index is -1.08. The van der Waals surface area contributed by atoms with Crippen molar-refractivity contribution in [1.29, 1.82) is 0 Å². The van der Waals surface area contributed by atoms with Crippen LogP contribution >= 0.6 is 129 Å². The van der Waals surface area contributed by atoms with Crippen LogP contribution in [-0.2, 0) is 25.3 Å². The standard InChI is InChI=1S/C21H40N4O8S12/c26-11-40-18-42-13-31-20(28)24-8-38-17-37-7-23-10-45(30)4-3-35-15-34-1-2-44-21(29)25-9-39-16-36-6-22-5-32-33-14-43-19-41-12-27/h5,10,26-27H,1-4,6-9,11-19H2,(H,24,28)(H,25,29). The van der Waals surface area contributed by atoms with Crippen LogP contribution in [0.25, 0.3) is 0 Å². The van der Waals surface area contributed by atoms with Crippen LogP contribution in [0.1, 0.15) is 0 Å². The van der Waals surface area contributed by atoms with Crippen molar-refractivity contribution in [3.8, 4) is 0 Å². The smallest absolute Gasteiger partial charge is 0.408 e. The van der Waals surface area contributed by atoms with Crippen molar-refractivity contribution in [1.82, 2.24) is 10.6 Å². The lowest BCUT2D eigenvalue weighted by Crippen LogP contribution is -2.23. The number of thioether (sulfide) groups is 11. The van der Waals surface area contributed by atoms with Gasteiger partial charge in [-0.3, -0.25) is 14.0 Å². The average molecular weight is 861 g/mol. The van der Waals surface area contributed by atoms with Gasteiger partial charge in [-0.05, 0) is 0 Å². The van der Waals surface area contributed by atoms with E-state index in [1.165, 1.54) is 82.5 Å². The number of nitrogens with one attached hydrogen (secondary N) is 2. The first-order chi connectivity index (χ1) is 22.1. The van der Waals surface area contributed by atoms with Crippen LogP contribution in [-0.4, -0.2) is 133 Å². The van der Waals surface area contributed by atoms with Gasteiger partial charge in [0.25, 0.3) is 5.24 Å². The van der Waals surface area contributed by atoms with Crippen LogP contribution in [0.4, 0.5) is 9.59 Å². The second-order valence-corrected chi connectivity index (χ2v) is 21.0. The summed E-state index contributed by atoms with van der Waals surface area (Å²) in [6.07, 6.45) is 0.804. The number of aliphatic imine (C=N–C) groups is 2. The molecule has 12 nitrogen and oxygen atoms in total. The van der Waals surface area contributed by atoms with Gasteiger partial charge in [-0.2, -0.15) is 28.4 Å². The molecule has 0 spiro atoms. The van der Waals surface area contributed by atoms with Crippen molar-refractivity contribution < 1.29 is 38.5 Å². The summed E-state index contributed by atoms with van der Waals surface area (Å²) in [6, 6.07) is 0. The Hall–Kier alpha value is 1.76. The van der Waals surface area contributed by atoms with E-state index in [1.807, 2.05) is 0 Å². The highest BCUT2D eigenvalue weighted by Crippen LogP contribution is 2.16. The lowest BCUT2D eigenvalue weighted by atomic mass is 11.0. The lowest BCUT2D eigenvalue weighted by molar-refractivity contribution is -0.196. The molecule has 1 atom stereocenters. The molecule has 0 saturated carbocycles. The first-order valence-corrected chi connectivity index (χ1v) is 26.5. The van der Waals surface area contributed by atoms with Crippen molar-refractivity contribution >= 4 is 163 Å². The normalized spacial score (nSPS) is 12.1. The Balaban J connectivity index is 3.39. The van der Waals surface area contributed by atoms with Gasteiger partial charge in [-0.25, -0.2) is 9.79 Å². The number of rotatable bonds is 33. The van der Waals surface area contributed by atoms with E-state index < -0.39 is 16.9 Å². The first-order valence-electron chi connectivity index (χ1n) is 12.5. The van der Waals surface area contributed by atoms with Crippen molar-refractivity contribution in [2.24, 2.45) is 9.98 Å². The van der Waals surface area contributed by atoms with Gasteiger partial charge >= 0.3 is 6.09 Å². The van der Waals surface area contributed by atoms with Crippen molar-refractivity contribution in [3.63, 3.8) is 0 Å². The highest BCUT2D eigenvalue weighted by Gasteiger charge is 2.03. The number of alkyl carbamates (subject to hydrolysis) is 1. The first kappa shape index (κ1) is 46.8. The highest BCUT2D eigenvalue weighted by molar-refractivity contribution is 8.18. The molecule has 1 unspecified atom stereocenters. The second-order valence-electron chi connectivity index (χ2n) is 6.88. The van der Waals surface area contributed by atoms with Crippen LogP contribution in [0, 0.1) is 0 Å². The van der Waals surface area contributed by atoms with Gasteiger partial charge in [0.1, 0.15) is 11.9 Å². The number of ether oxygens (including phenoxy) is 1. The Kier molecular flexibility index (Phi) is 41.8. The zero-order valence-electron chi connectivity index (χ0n) is 24.3. The number of carbonyl (C=O) groups is 2. The molecule has 264 valence electrons. The van der Waals surface area contributed by atoms with E-state index >= 15 is 0 Å². The van der Waals surface area contributed by atoms with E-state index in [0.717, 1.165) is 37.6 Å². The number of hydrogen-bond acceptors (Lipinski definition) is 21. The van der Waals surface area contributed by atoms with E-state index in [-0.39, 0.29) is 23.1 Å². The Morgan fingerprint density at radius 1 is 0.711 bits per heavy atom. The molecule has 2 amide bonds. The van der Waals surface area contributed by atoms with Crippen molar-refractivity contribution in [3.05, 3.63) is 0 Å². The van der Waals surface area contributed by atoms with Gasteiger partial charge in [-0.1, -0.05) is 11.8 Å². The van der Waals surface area contributed by atoms with E-state index in [0.29, 0.717) is 40.3 Å². The molecule has 0 bridgehead atoms. The second kappa shape index (κ2) is 40.2. The molecule has 0 heterocycles. The number of hydrogen-bond donors (Lipinski definition) is 4. The quantitative estimate of drug-likeness (QED) is 0.0159. The molecular formula is C21H40N4O8S12. The molecule has 0 aromatic carbocycles. The number of aliphatic hydroxyl groups excluding tert-OH is 2. The molecule has 0 radical (unpaired) electrons. The summed E-state index contributed by atoms with van der Waals surface area (Å²) >= 11 is 16.8. The maximum atomic E-state index is 12.0. The molecule has 0 fully saturated rings. The molecule has 0 aliphatic heterocycles. The Morgan fingerprint density at radius 2 is 1.33 bits per heavy atom. The number of aliphatic hydroxyl groups is 2. The molecule has 45 heavy (non-hydrogen) atoms. The van der Waals surface area contributed by atoms with Gasteiger partial charge < -0.3 is 30.5 Å². The Morgan fingerprint density at radius 3 is 2.07 bits per heavy atom. The predicted octanol–water partition coefficient (Wildman–Crippen LogP) is 5.67. The minimum absolute atomic E-state index is 0.0249. The van der Waals surface area contributed by atoms with E-state index in [1.54, 1.807) is 58.8 Å². The largest absolute Gasteiger partial charge is 0.438 e. The van der Waals surface area contributed by atoms with Gasteiger partial charge in [0.05, 0.1) is 51.7 Å². The SMILES string of the molecule is O=C(NCSCSCN=CS(=O)CCSCSCCSC(=O)NCSCSCN=COOCSCSCO)OCSCSCO. The molecule has 0 aliphatic carbocycles. The van der Waals surface area contributed by atoms with E-state index in [4.69, 9.17) is 24.7 Å². The highest BCUT2D eigenvalue weighted by atomic mass is 32.2.